The molecule has 25 heavy (non-hydrogen) atoms. The third-order valence-corrected chi connectivity index (χ3v) is 4.37. The van der Waals surface area contributed by atoms with Gasteiger partial charge in [0.05, 0.1) is 24.8 Å². The summed E-state index contributed by atoms with van der Waals surface area (Å²) >= 11 is 6.32. The molecular formula is C18H27ClN2O4. The van der Waals surface area contributed by atoms with E-state index < -0.39 is 5.97 Å². The smallest absolute Gasteiger partial charge is 0.317 e. The molecule has 0 aromatic heterocycles. The minimum atomic E-state index is -0.817. The molecule has 140 valence electrons. The molecule has 1 aliphatic rings. The Bertz CT molecular complexity index is 550. The van der Waals surface area contributed by atoms with Crippen LogP contribution >= 0.6 is 11.6 Å². The van der Waals surface area contributed by atoms with Crippen molar-refractivity contribution < 1.29 is 19.4 Å². The Hall–Kier alpha value is -1.34. The number of carboxylic acids is 1. The number of benzene rings is 1. The summed E-state index contributed by atoms with van der Waals surface area (Å²) in [7, 11) is 0. The molecule has 1 saturated heterocycles. The maximum absolute atomic E-state index is 10.9. The van der Waals surface area contributed by atoms with Crippen molar-refractivity contribution in [2.75, 3.05) is 52.5 Å². The summed E-state index contributed by atoms with van der Waals surface area (Å²) in [6.45, 7) is 8.23. The minimum Gasteiger partial charge on any atom is -0.491 e. The molecule has 1 aromatic rings. The highest BCUT2D eigenvalue weighted by Gasteiger charge is 2.12. The molecule has 0 bridgehead atoms. The molecule has 0 spiro atoms. The van der Waals surface area contributed by atoms with Crippen molar-refractivity contribution in [1.29, 1.82) is 0 Å². The van der Waals surface area contributed by atoms with Gasteiger partial charge in [-0.2, -0.15) is 0 Å². The first-order valence-corrected chi connectivity index (χ1v) is 9.11. The van der Waals surface area contributed by atoms with Gasteiger partial charge in [-0.1, -0.05) is 24.6 Å². The molecule has 0 radical (unpaired) electrons. The van der Waals surface area contributed by atoms with E-state index in [-0.39, 0.29) is 6.54 Å². The molecule has 6 nitrogen and oxygen atoms in total. The van der Waals surface area contributed by atoms with Crippen LogP contribution in [0.5, 0.6) is 5.75 Å². The zero-order chi connectivity index (χ0) is 18.1. The highest BCUT2D eigenvalue weighted by atomic mass is 35.5. The predicted molar refractivity (Wildman–Crippen MR) is 97.4 cm³/mol. The topological polar surface area (TPSA) is 62.2 Å². The van der Waals surface area contributed by atoms with Crippen molar-refractivity contribution >= 4 is 17.6 Å². The number of nitrogens with zero attached hydrogens (tertiary/aromatic N) is 2. The van der Waals surface area contributed by atoms with Gasteiger partial charge in [0.1, 0.15) is 12.4 Å². The van der Waals surface area contributed by atoms with Crippen LogP contribution in [0.4, 0.5) is 0 Å². The summed E-state index contributed by atoms with van der Waals surface area (Å²) in [6, 6.07) is 5.67. The Balaban J connectivity index is 1.84. The first-order valence-electron chi connectivity index (χ1n) is 8.74. The predicted octanol–water partition coefficient (Wildman–Crippen LogP) is 2.35. The summed E-state index contributed by atoms with van der Waals surface area (Å²) in [6.07, 6.45) is 0.906. The average Bonchev–Trinajstić information content (AvgIpc) is 2.57. The van der Waals surface area contributed by atoms with Crippen molar-refractivity contribution in [3.63, 3.8) is 0 Å². The summed E-state index contributed by atoms with van der Waals surface area (Å²) in [5.74, 6) is -0.151. The average molecular weight is 371 g/mol. The van der Waals surface area contributed by atoms with E-state index in [1.807, 2.05) is 30.0 Å². The maximum Gasteiger partial charge on any atom is 0.317 e. The number of aliphatic carboxylic acids is 1. The van der Waals surface area contributed by atoms with E-state index in [4.69, 9.17) is 26.2 Å². The summed E-state index contributed by atoms with van der Waals surface area (Å²) in [5, 5.41) is 9.55. The standard InChI is InChI=1S/C18H27ClN2O4/c1-2-5-21(14-18(22)23)13-15-3-4-17(16(19)12-15)25-11-8-20-6-9-24-10-7-20/h3-4,12H,2,5-11,13-14H2,1H3,(H,22,23). The lowest BCUT2D eigenvalue weighted by molar-refractivity contribution is -0.138. The summed E-state index contributed by atoms with van der Waals surface area (Å²) in [4.78, 5) is 15.1. The van der Waals surface area contributed by atoms with Gasteiger partial charge in [-0.3, -0.25) is 14.6 Å². The fourth-order valence-electron chi connectivity index (χ4n) is 2.85. The second-order valence-electron chi connectivity index (χ2n) is 6.17. The van der Waals surface area contributed by atoms with E-state index in [1.54, 1.807) is 0 Å². The number of carbonyl (C=O) groups is 1. The normalized spacial score (nSPS) is 15.5. The maximum atomic E-state index is 10.9. The molecule has 0 saturated carbocycles. The Kier molecular flexibility index (Phi) is 8.48. The molecule has 1 fully saturated rings. The first-order chi connectivity index (χ1) is 12.1. The van der Waals surface area contributed by atoms with Crippen molar-refractivity contribution in [2.24, 2.45) is 0 Å². The molecule has 1 N–H and O–H groups in total. The zero-order valence-corrected chi connectivity index (χ0v) is 15.5. The monoisotopic (exact) mass is 370 g/mol. The van der Waals surface area contributed by atoms with Crippen LogP contribution < -0.4 is 4.74 Å². The van der Waals surface area contributed by atoms with E-state index in [9.17, 15) is 4.79 Å². The molecule has 0 aliphatic carbocycles. The molecule has 0 atom stereocenters. The number of ether oxygens (including phenoxy) is 2. The van der Waals surface area contributed by atoms with E-state index >= 15 is 0 Å². The Labute approximate surface area is 154 Å². The Morgan fingerprint density at radius 3 is 2.80 bits per heavy atom. The second kappa shape index (κ2) is 10.6. The molecule has 1 aromatic carbocycles. The van der Waals surface area contributed by atoms with Gasteiger partial charge in [-0.05, 0) is 30.7 Å². The first kappa shape index (κ1) is 20.0. The second-order valence-corrected chi connectivity index (χ2v) is 6.58. The number of hydrogen-bond donors (Lipinski definition) is 1. The fourth-order valence-corrected chi connectivity index (χ4v) is 3.11. The molecule has 1 aliphatic heterocycles. The number of hydrogen-bond acceptors (Lipinski definition) is 5. The van der Waals surface area contributed by atoms with Crippen molar-refractivity contribution in [3.05, 3.63) is 28.8 Å². The number of halogens is 1. The molecular weight excluding hydrogens is 344 g/mol. The molecule has 2 rings (SSSR count). The molecule has 1 heterocycles. The third kappa shape index (κ3) is 7.20. The molecule has 7 heteroatoms. The van der Waals surface area contributed by atoms with Gasteiger partial charge >= 0.3 is 5.97 Å². The quantitative estimate of drug-likeness (QED) is 0.682. The fraction of sp³-hybridized carbons (Fsp3) is 0.611. The van der Waals surface area contributed by atoms with Crippen LogP contribution in [0.2, 0.25) is 5.02 Å². The van der Waals surface area contributed by atoms with Gasteiger partial charge in [0.2, 0.25) is 0 Å². The van der Waals surface area contributed by atoms with Gasteiger partial charge < -0.3 is 14.6 Å². The lowest BCUT2D eigenvalue weighted by Gasteiger charge is -2.26. The molecule has 0 unspecified atom stereocenters. The molecule has 0 amide bonds. The van der Waals surface area contributed by atoms with Crippen LogP contribution in [-0.2, 0) is 16.1 Å². The SMILES string of the molecule is CCCN(CC(=O)O)Cc1ccc(OCCN2CCOCC2)c(Cl)c1. The van der Waals surface area contributed by atoms with E-state index in [2.05, 4.69) is 4.90 Å². The Morgan fingerprint density at radius 1 is 1.40 bits per heavy atom. The van der Waals surface area contributed by atoms with Crippen LogP contribution in [0, 0.1) is 0 Å². The van der Waals surface area contributed by atoms with Gasteiger partial charge in [-0.15, -0.1) is 0 Å². The summed E-state index contributed by atoms with van der Waals surface area (Å²) < 4.78 is 11.1. The van der Waals surface area contributed by atoms with Gasteiger partial charge in [0, 0.05) is 26.2 Å². The number of rotatable bonds is 10. The minimum absolute atomic E-state index is 0.0310. The van der Waals surface area contributed by atoms with Crippen LogP contribution in [0.3, 0.4) is 0 Å². The van der Waals surface area contributed by atoms with Crippen LogP contribution in [-0.4, -0.2) is 73.4 Å². The number of carboxylic acid groups (broad SMARTS) is 1. The van der Waals surface area contributed by atoms with Crippen LogP contribution in [0.15, 0.2) is 18.2 Å². The third-order valence-electron chi connectivity index (χ3n) is 4.07. The van der Waals surface area contributed by atoms with E-state index in [1.165, 1.54) is 0 Å². The highest BCUT2D eigenvalue weighted by Crippen LogP contribution is 2.26. The highest BCUT2D eigenvalue weighted by molar-refractivity contribution is 6.32. The van der Waals surface area contributed by atoms with Crippen LogP contribution in [0.1, 0.15) is 18.9 Å². The lowest BCUT2D eigenvalue weighted by atomic mass is 10.2. The van der Waals surface area contributed by atoms with Crippen molar-refractivity contribution in [2.45, 2.75) is 19.9 Å². The zero-order valence-electron chi connectivity index (χ0n) is 14.7. The largest absolute Gasteiger partial charge is 0.491 e. The van der Waals surface area contributed by atoms with E-state index in [0.717, 1.165) is 51.4 Å². The Morgan fingerprint density at radius 2 is 2.16 bits per heavy atom. The van der Waals surface area contributed by atoms with Gasteiger partial charge in [0.25, 0.3) is 0 Å². The van der Waals surface area contributed by atoms with E-state index in [0.29, 0.717) is 23.9 Å². The van der Waals surface area contributed by atoms with Crippen molar-refractivity contribution in [1.82, 2.24) is 9.80 Å². The van der Waals surface area contributed by atoms with Gasteiger partial charge in [-0.25, -0.2) is 0 Å². The van der Waals surface area contributed by atoms with Crippen molar-refractivity contribution in [3.8, 4) is 5.75 Å². The lowest BCUT2D eigenvalue weighted by Crippen LogP contribution is -2.38. The van der Waals surface area contributed by atoms with Crippen LogP contribution in [0.25, 0.3) is 0 Å². The number of morpholine rings is 1. The van der Waals surface area contributed by atoms with Gasteiger partial charge in [0.15, 0.2) is 0 Å². The summed E-state index contributed by atoms with van der Waals surface area (Å²) in [5.41, 5.74) is 0.986.